The van der Waals surface area contributed by atoms with Crippen LogP contribution in [0, 0.1) is 0 Å². The van der Waals surface area contributed by atoms with Crippen molar-refractivity contribution in [1.82, 2.24) is 0 Å². The van der Waals surface area contributed by atoms with E-state index in [1.165, 1.54) is 12.8 Å². The Hall–Kier alpha value is -1.64. The first-order valence-electron chi connectivity index (χ1n) is 6.99. The minimum Gasteiger partial charge on any atom is -0.393 e. The summed E-state index contributed by atoms with van der Waals surface area (Å²) in [6, 6.07) is 9.29. The third kappa shape index (κ3) is 7.39. The summed E-state index contributed by atoms with van der Waals surface area (Å²) in [6.45, 7) is 2.15. The molecule has 1 aromatic rings. The molecule has 0 heterocycles. The standard InChI is InChI=1S/C16H22O3/c1-2-3-4-5-9-12-15(17)19-16(18)13-14-10-7-6-8-11-14/h6-8,10-11H,2-5,9,12-13H2,1H3. The van der Waals surface area contributed by atoms with Gasteiger partial charge in [0.2, 0.25) is 0 Å². The molecule has 0 radical (unpaired) electrons. The molecule has 0 N–H and O–H groups in total. The van der Waals surface area contributed by atoms with E-state index in [4.69, 9.17) is 4.74 Å². The van der Waals surface area contributed by atoms with Crippen LogP contribution in [0.25, 0.3) is 0 Å². The highest BCUT2D eigenvalue weighted by Gasteiger charge is 2.10. The molecule has 0 saturated heterocycles. The Morgan fingerprint density at radius 2 is 1.63 bits per heavy atom. The molecule has 0 aromatic heterocycles. The molecule has 0 fully saturated rings. The summed E-state index contributed by atoms with van der Waals surface area (Å²) >= 11 is 0. The Morgan fingerprint density at radius 3 is 2.32 bits per heavy atom. The molecule has 1 aromatic carbocycles. The van der Waals surface area contributed by atoms with E-state index in [-0.39, 0.29) is 6.42 Å². The Bertz CT molecular complexity index is 384. The molecule has 0 unspecified atom stereocenters. The first kappa shape index (κ1) is 15.4. The van der Waals surface area contributed by atoms with Crippen molar-refractivity contribution in [3.05, 3.63) is 35.9 Å². The van der Waals surface area contributed by atoms with Crippen LogP contribution in [0.1, 0.15) is 51.0 Å². The second kappa shape index (κ2) is 9.31. The van der Waals surface area contributed by atoms with Crippen molar-refractivity contribution in [3.8, 4) is 0 Å². The number of ether oxygens (including phenoxy) is 1. The smallest absolute Gasteiger partial charge is 0.317 e. The van der Waals surface area contributed by atoms with E-state index in [9.17, 15) is 9.59 Å². The molecule has 1 rings (SSSR count). The van der Waals surface area contributed by atoms with Crippen molar-refractivity contribution in [2.45, 2.75) is 51.9 Å². The van der Waals surface area contributed by atoms with Crippen LogP contribution < -0.4 is 0 Å². The lowest BCUT2D eigenvalue weighted by molar-refractivity contribution is -0.159. The zero-order valence-electron chi connectivity index (χ0n) is 11.6. The molecule has 0 bridgehead atoms. The van der Waals surface area contributed by atoms with E-state index in [1.54, 1.807) is 0 Å². The van der Waals surface area contributed by atoms with E-state index in [0.29, 0.717) is 6.42 Å². The quantitative estimate of drug-likeness (QED) is 0.408. The maximum absolute atomic E-state index is 11.5. The van der Waals surface area contributed by atoms with Gasteiger partial charge in [-0.05, 0) is 12.0 Å². The van der Waals surface area contributed by atoms with Crippen LogP contribution in [0.5, 0.6) is 0 Å². The fraction of sp³-hybridized carbons (Fsp3) is 0.500. The summed E-state index contributed by atoms with van der Waals surface area (Å²) in [7, 11) is 0. The molecule has 3 heteroatoms. The number of benzene rings is 1. The van der Waals surface area contributed by atoms with Crippen molar-refractivity contribution in [3.63, 3.8) is 0 Å². The van der Waals surface area contributed by atoms with E-state index in [0.717, 1.165) is 24.8 Å². The van der Waals surface area contributed by atoms with Gasteiger partial charge in [0.25, 0.3) is 0 Å². The van der Waals surface area contributed by atoms with Gasteiger partial charge in [0.15, 0.2) is 0 Å². The summed E-state index contributed by atoms with van der Waals surface area (Å²) in [4.78, 5) is 22.9. The summed E-state index contributed by atoms with van der Waals surface area (Å²) in [5.74, 6) is -0.873. The monoisotopic (exact) mass is 262 g/mol. The highest BCUT2D eigenvalue weighted by Crippen LogP contribution is 2.07. The Balaban J connectivity index is 2.16. The van der Waals surface area contributed by atoms with Gasteiger partial charge in [0.1, 0.15) is 0 Å². The molecule has 0 aliphatic heterocycles. The molecule has 104 valence electrons. The minimum absolute atomic E-state index is 0.155. The van der Waals surface area contributed by atoms with E-state index in [2.05, 4.69) is 6.92 Å². The molecular formula is C16H22O3. The molecule has 0 aliphatic carbocycles. The second-order valence-electron chi connectivity index (χ2n) is 4.67. The molecule has 0 spiro atoms. The van der Waals surface area contributed by atoms with Crippen LogP contribution in [0.3, 0.4) is 0 Å². The Labute approximate surface area is 115 Å². The number of hydrogen-bond donors (Lipinski definition) is 0. The van der Waals surface area contributed by atoms with Crippen molar-refractivity contribution in [1.29, 1.82) is 0 Å². The lowest BCUT2D eigenvalue weighted by atomic mass is 10.1. The van der Waals surface area contributed by atoms with Crippen LogP contribution in [0.2, 0.25) is 0 Å². The number of esters is 2. The topological polar surface area (TPSA) is 43.4 Å². The van der Waals surface area contributed by atoms with Crippen LogP contribution in [-0.2, 0) is 20.7 Å². The van der Waals surface area contributed by atoms with Gasteiger partial charge in [-0.3, -0.25) is 9.59 Å². The summed E-state index contributed by atoms with van der Waals surface area (Å²) in [5, 5.41) is 0. The average molecular weight is 262 g/mol. The predicted octanol–water partition coefficient (Wildman–Crippen LogP) is 3.66. The van der Waals surface area contributed by atoms with E-state index >= 15 is 0 Å². The molecular weight excluding hydrogens is 240 g/mol. The van der Waals surface area contributed by atoms with Gasteiger partial charge < -0.3 is 4.74 Å². The van der Waals surface area contributed by atoms with Gasteiger partial charge in [0.05, 0.1) is 6.42 Å². The number of hydrogen-bond acceptors (Lipinski definition) is 3. The van der Waals surface area contributed by atoms with Crippen LogP contribution >= 0.6 is 0 Å². The van der Waals surface area contributed by atoms with Gasteiger partial charge >= 0.3 is 11.9 Å². The molecule has 0 saturated carbocycles. The second-order valence-corrected chi connectivity index (χ2v) is 4.67. The van der Waals surface area contributed by atoms with E-state index < -0.39 is 11.9 Å². The highest BCUT2D eigenvalue weighted by atomic mass is 16.6. The zero-order chi connectivity index (χ0) is 13.9. The van der Waals surface area contributed by atoms with E-state index in [1.807, 2.05) is 30.3 Å². The van der Waals surface area contributed by atoms with Gasteiger partial charge in [-0.2, -0.15) is 0 Å². The van der Waals surface area contributed by atoms with Gasteiger partial charge in [-0.15, -0.1) is 0 Å². The minimum atomic E-state index is -0.468. The molecule has 19 heavy (non-hydrogen) atoms. The Morgan fingerprint density at radius 1 is 0.947 bits per heavy atom. The third-order valence-corrected chi connectivity index (χ3v) is 2.90. The molecule has 0 aliphatic rings. The van der Waals surface area contributed by atoms with Crippen molar-refractivity contribution in [2.24, 2.45) is 0 Å². The average Bonchev–Trinajstić information content (AvgIpc) is 2.39. The summed E-state index contributed by atoms with van der Waals surface area (Å²) in [5.41, 5.74) is 0.864. The number of rotatable bonds is 8. The fourth-order valence-electron chi connectivity index (χ4n) is 1.85. The summed E-state index contributed by atoms with van der Waals surface area (Å²) in [6.07, 6.45) is 5.84. The predicted molar refractivity (Wildman–Crippen MR) is 74.6 cm³/mol. The van der Waals surface area contributed by atoms with Crippen LogP contribution in [0.15, 0.2) is 30.3 Å². The van der Waals surface area contributed by atoms with Crippen molar-refractivity contribution in [2.75, 3.05) is 0 Å². The number of carbonyl (C=O) groups excluding carboxylic acids is 2. The maximum Gasteiger partial charge on any atom is 0.317 e. The van der Waals surface area contributed by atoms with Crippen molar-refractivity contribution < 1.29 is 14.3 Å². The van der Waals surface area contributed by atoms with Crippen LogP contribution in [-0.4, -0.2) is 11.9 Å². The number of carbonyl (C=O) groups is 2. The number of unbranched alkanes of at least 4 members (excludes halogenated alkanes) is 4. The fourth-order valence-corrected chi connectivity index (χ4v) is 1.85. The lowest BCUT2D eigenvalue weighted by Crippen LogP contribution is -2.14. The normalized spacial score (nSPS) is 10.2. The molecule has 0 atom stereocenters. The largest absolute Gasteiger partial charge is 0.393 e. The first-order chi connectivity index (χ1) is 9.22. The zero-order valence-corrected chi connectivity index (χ0v) is 11.6. The summed E-state index contributed by atoms with van der Waals surface area (Å²) < 4.78 is 4.78. The maximum atomic E-state index is 11.5. The third-order valence-electron chi connectivity index (χ3n) is 2.90. The molecule has 0 amide bonds. The van der Waals surface area contributed by atoms with Crippen molar-refractivity contribution >= 4 is 11.9 Å². The van der Waals surface area contributed by atoms with Gasteiger partial charge in [-0.25, -0.2) is 0 Å². The first-order valence-corrected chi connectivity index (χ1v) is 6.99. The lowest BCUT2D eigenvalue weighted by Gasteiger charge is -2.03. The molecule has 3 nitrogen and oxygen atoms in total. The van der Waals surface area contributed by atoms with Gasteiger partial charge in [0, 0.05) is 6.42 Å². The van der Waals surface area contributed by atoms with Gasteiger partial charge in [-0.1, -0.05) is 62.9 Å². The SMILES string of the molecule is CCCCCCCC(=O)OC(=O)Cc1ccccc1. The van der Waals surface area contributed by atoms with Crippen LogP contribution in [0.4, 0.5) is 0 Å². The Kier molecular flexibility index (Phi) is 7.56. The highest BCUT2D eigenvalue weighted by molar-refractivity contribution is 5.86.